The second kappa shape index (κ2) is 8.52. The van der Waals surface area contributed by atoms with Gasteiger partial charge in [-0.1, -0.05) is 13.8 Å². The third-order valence-corrected chi connectivity index (χ3v) is 6.40. The van der Waals surface area contributed by atoms with E-state index in [0.29, 0.717) is 36.0 Å². The average molecular weight is 430 g/mol. The number of hydrogen-bond acceptors (Lipinski definition) is 4. The fourth-order valence-corrected chi connectivity index (χ4v) is 3.83. The number of amides is 3. The Morgan fingerprint density at radius 2 is 1.87 bits per heavy atom. The van der Waals surface area contributed by atoms with E-state index < -0.39 is 5.60 Å². The lowest BCUT2D eigenvalue weighted by molar-refractivity contribution is -0.137. The van der Waals surface area contributed by atoms with Gasteiger partial charge in [0.2, 0.25) is 5.91 Å². The van der Waals surface area contributed by atoms with Crippen LogP contribution in [0.25, 0.3) is 0 Å². The minimum absolute atomic E-state index is 0.0570. The number of nitrogens with zero attached hydrogens (tertiary/aromatic N) is 2. The second-order valence-electron chi connectivity index (χ2n) is 9.94. The van der Waals surface area contributed by atoms with Crippen LogP contribution in [0.15, 0.2) is 18.2 Å². The van der Waals surface area contributed by atoms with Crippen molar-refractivity contribution in [1.82, 2.24) is 10.2 Å². The highest BCUT2D eigenvalue weighted by atomic mass is 16.5. The molecule has 3 rings (SSSR count). The van der Waals surface area contributed by atoms with Gasteiger partial charge in [0.25, 0.3) is 11.8 Å². The van der Waals surface area contributed by atoms with Gasteiger partial charge >= 0.3 is 0 Å². The number of nitrogens with one attached hydrogen (secondary N) is 1. The fourth-order valence-electron chi connectivity index (χ4n) is 3.83. The number of carbonyl (C=O) groups excluding carboxylic acids is 3. The summed E-state index contributed by atoms with van der Waals surface area (Å²) >= 11 is 0. The zero-order valence-electron chi connectivity index (χ0n) is 19.6. The highest BCUT2D eigenvalue weighted by Crippen LogP contribution is 2.38. The number of piperidine rings is 1. The second-order valence-corrected chi connectivity index (χ2v) is 9.94. The number of hydrogen-bond donors (Lipinski definition) is 1. The molecule has 1 saturated heterocycles. The summed E-state index contributed by atoms with van der Waals surface area (Å²) in [7, 11) is 0. The van der Waals surface area contributed by atoms with Gasteiger partial charge in [-0.2, -0.15) is 0 Å². The predicted octanol–water partition coefficient (Wildman–Crippen LogP) is 3.37. The summed E-state index contributed by atoms with van der Waals surface area (Å²) in [5, 5.41) is 3.01. The maximum Gasteiger partial charge on any atom is 0.271 e. The van der Waals surface area contributed by atoms with Gasteiger partial charge in [0.15, 0.2) is 5.60 Å². The standard InChI is InChI=1S/C24H35N3O4/c1-7-23(3,4)25-21(29)17-8-9-19-18(14-17)27(22(30)24(5,6)31-19)15-20(28)26-12-10-16(2)11-13-26/h8-9,14,16H,7,10-13,15H2,1-6H3,(H,25,29). The molecule has 1 aromatic rings. The van der Waals surface area contributed by atoms with Crippen molar-refractivity contribution < 1.29 is 19.1 Å². The van der Waals surface area contributed by atoms with Crippen LogP contribution in [0.2, 0.25) is 0 Å². The van der Waals surface area contributed by atoms with E-state index in [1.807, 2.05) is 25.7 Å². The van der Waals surface area contributed by atoms with Crippen molar-refractivity contribution in [3.63, 3.8) is 0 Å². The lowest BCUT2D eigenvalue weighted by Crippen LogP contribution is -2.55. The molecule has 0 saturated carbocycles. The third-order valence-electron chi connectivity index (χ3n) is 6.40. The smallest absolute Gasteiger partial charge is 0.271 e. The quantitative estimate of drug-likeness (QED) is 0.778. The molecule has 1 aromatic carbocycles. The summed E-state index contributed by atoms with van der Waals surface area (Å²) < 4.78 is 5.91. The first-order valence-electron chi connectivity index (χ1n) is 11.2. The van der Waals surface area contributed by atoms with Crippen LogP contribution < -0.4 is 15.0 Å². The van der Waals surface area contributed by atoms with Gasteiger partial charge in [-0.15, -0.1) is 0 Å². The molecule has 2 heterocycles. The third kappa shape index (κ3) is 5.02. The van der Waals surface area contributed by atoms with Gasteiger partial charge in [-0.05, 0) is 71.1 Å². The Bertz CT molecular complexity index is 870. The number of ether oxygens (including phenoxy) is 1. The van der Waals surface area contributed by atoms with Crippen molar-refractivity contribution in [2.45, 2.75) is 71.9 Å². The van der Waals surface area contributed by atoms with Crippen molar-refractivity contribution in [3.8, 4) is 5.75 Å². The average Bonchev–Trinajstić information content (AvgIpc) is 2.71. The minimum Gasteiger partial charge on any atom is -0.476 e. The number of fused-ring (bicyclic) bond motifs is 1. The van der Waals surface area contributed by atoms with Crippen molar-refractivity contribution in [1.29, 1.82) is 0 Å². The van der Waals surface area contributed by atoms with Crippen molar-refractivity contribution in [3.05, 3.63) is 23.8 Å². The maximum absolute atomic E-state index is 13.2. The Hall–Kier alpha value is -2.57. The van der Waals surface area contributed by atoms with Gasteiger partial charge in [-0.25, -0.2) is 0 Å². The molecule has 0 unspecified atom stereocenters. The van der Waals surface area contributed by atoms with Gasteiger partial charge in [0, 0.05) is 24.2 Å². The molecule has 0 aliphatic carbocycles. The van der Waals surface area contributed by atoms with Crippen LogP contribution in [-0.4, -0.2) is 53.4 Å². The molecule has 2 aliphatic rings. The molecule has 31 heavy (non-hydrogen) atoms. The van der Waals surface area contributed by atoms with Crippen LogP contribution in [0, 0.1) is 5.92 Å². The Balaban J connectivity index is 1.88. The first-order valence-corrected chi connectivity index (χ1v) is 11.2. The van der Waals surface area contributed by atoms with Gasteiger partial charge in [-0.3, -0.25) is 19.3 Å². The molecule has 0 bridgehead atoms. The van der Waals surface area contributed by atoms with Crippen LogP contribution in [0.3, 0.4) is 0 Å². The lowest BCUT2D eigenvalue weighted by atomic mass is 9.98. The van der Waals surface area contributed by atoms with Crippen LogP contribution in [0.1, 0.15) is 71.2 Å². The number of anilines is 1. The summed E-state index contributed by atoms with van der Waals surface area (Å²) in [6, 6.07) is 5.05. The number of benzene rings is 1. The van der Waals surface area contributed by atoms with E-state index >= 15 is 0 Å². The molecule has 170 valence electrons. The molecule has 0 aromatic heterocycles. The molecule has 7 nitrogen and oxygen atoms in total. The van der Waals surface area contributed by atoms with E-state index in [-0.39, 0.29) is 29.8 Å². The highest BCUT2D eigenvalue weighted by molar-refractivity contribution is 6.07. The Kier molecular flexibility index (Phi) is 6.35. The van der Waals surface area contributed by atoms with Crippen LogP contribution >= 0.6 is 0 Å². The summed E-state index contributed by atoms with van der Waals surface area (Å²) in [5.74, 6) is 0.525. The first kappa shape index (κ1) is 23.1. The van der Waals surface area contributed by atoms with Crippen molar-refractivity contribution >= 4 is 23.4 Å². The van der Waals surface area contributed by atoms with E-state index in [4.69, 9.17) is 4.74 Å². The molecule has 7 heteroatoms. The highest BCUT2D eigenvalue weighted by Gasteiger charge is 2.42. The summed E-state index contributed by atoms with van der Waals surface area (Å²) in [6.07, 6.45) is 2.74. The first-order chi connectivity index (χ1) is 14.4. The lowest BCUT2D eigenvalue weighted by Gasteiger charge is -2.40. The Morgan fingerprint density at radius 3 is 2.48 bits per heavy atom. The molecule has 1 N–H and O–H groups in total. The molecule has 3 amide bonds. The van der Waals surface area contributed by atoms with E-state index in [1.165, 1.54) is 4.90 Å². The molecular formula is C24H35N3O4. The van der Waals surface area contributed by atoms with Crippen LogP contribution in [-0.2, 0) is 9.59 Å². The van der Waals surface area contributed by atoms with E-state index in [1.54, 1.807) is 32.0 Å². The van der Waals surface area contributed by atoms with E-state index in [0.717, 1.165) is 19.3 Å². The molecular weight excluding hydrogens is 394 g/mol. The predicted molar refractivity (Wildman–Crippen MR) is 120 cm³/mol. The normalized spacial score (nSPS) is 19.0. The summed E-state index contributed by atoms with van der Waals surface area (Å²) in [6.45, 7) is 12.9. The molecule has 0 atom stereocenters. The molecule has 1 fully saturated rings. The van der Waals surface area contributed by atoms with Crippen LogP contribution in [0.5, 0.6) is 5.75 Å². The Labute approximate surface area is 185 Å². The number of likely N-dealkylation sites (tertiary alicyclic amines) is 1. The number of rotatable bonds is 5. The van der Waals surface area contributed by atoms with Gasteiger partial charge < -0.3 is 15.0 Å². The monoisotopic (exact) mass is 429 g/mol. The van der Waals surface area contributed by atoms with Gasteiger partial charge in [0.05, 0.1) is 5.69 Å². The molecule has 0 radical (unpaired) electrons. The zero-order chi connectivity index (χ0) is 23.0. The number of carbonyl (C=O) groups is 3. The van der Waals surface area contributed by atoms with Crippen molar-refractivity contribution in [2.75, 3.05) is 24.5 Å². The molecule has 0 spiro atoms. The van der Waals surface area contributed by atoms with E-state index in [2.05, 4.69) is 12.2 Å². The summed E-state index contributed by atoms with van der Waals surface area (Å²) in [4.78, 5) is 42.3. The maximum atomic E-state index is 13.2. The zero-order valence-corrected chi connectivity index (χ0v) is 19.6. The summed E-state index contributed by atoms with van der Waals surface area (Å²) in [5.41, 5.74) is -0.536. The fraction of sp³-hybridized carbons (Fsp3) is 0.625. The topological polar surface area (TPSA) is 79.0 Å². The molecule has 2 aliphatic heterocycles. The van der Waals surface area contributed by atoms with Crippen molar-refractivity contribution in [2.24, 2.45) is 5.92 Å². The van der Waals surface area contributed by atoms with Crippen LogP contribution in [0.4, 0.5) is 5.69 Å². The van der Waals surface area contributed by atoms with E-state index in [9.17, 15) is 14.4 Å². The SMILES string of the molecule is CCC(C)(C)NC(=O)c1ccc2c(c1)N(CC(=O)N1CCC(C)CC1)C(=O)C(C)(C)O2. The largest absolute Gasteiger partial charge is 0.476 e. The van der Waals surface area contributed by atoms with Gasteiger partial charge in [0.1, 0.15) is 12.3 Å². The Morgan fingerprint density at radius 1 is 1.23 bits per heavy atom. The minimum atomic E-state index is -1.09.